The number of hydrogen-bond acceptors (Lipinski definition) is 3. The molecule has 0 saturated carbocycles. The lowest BCUT2D eigenvalue weighted by Crippen LogP contribution is -2.25. The van der Waals surface area contributed by atoms with Crippen LogP contribution in [0.15, 0.2) is 30.6 Å². The number of likely N-dealkylation sites (N-methyl/N-ethyl adjacent to an activating group) is 1. The second-order valence-corrected chi connectivity index (χ2v) is 5.43. The molecule has 106 valence electrons. The van der Waals surface area contributed by atoms with Crippen LogP contribution in [0.4, 0.5) is 0 Å². The third kappa shape index (κ3) is 3.69. The summed E-state index contributed by atoms with van der Waals surface area (Å²) in [5.41, 5.74) is 2.04. The molecule has 0 aliphatic carbocycles. The van der Waals surface area contributed by atoms with Crippen LogP contribution in [0.25, 0.3) is 0 Å². The normalized spacial score (nSPS) is 12.4. The number of hydrogen-bond donors (Lipinski definition) is 1. The minimum Gasteiger partial charge on any atom is -0.307 e. The third-order valence-corrected chi connectivity index (χ3v) is 3.88. The van der Waals surface area contributed by atoms with Crippen LogP contribution in [0.3, 0.4) is 0 Å². The highest BCUT2D eigenvalue weighted by atomic mass is 35.5. The van der Waals surface area contributed by atoms with Crippen molar-refractivity contribution in [2.75, 3.05) is 6.54 Å². The Morgan fingerprint density at radius 1 is 1.20 bits per heavy atom. The van der Waals surface area contributed by atoms with E-state index in [0.29, 0.717) is 16.5 Å². The zero-order valence-corrected chi connectivity index (χ0v) is 13.0. The summed E-state index contributed by atoms with van der Waals surface area (Å²) in [4.78, 5) is 8.79. The molecular weight excluding hydrogens is 293 g/mol. The van der Waals surface area contributed by atoms with Crippen molar-refractivity contribution in [3.8, 4) is 0 Å². The Morgan fingerprint density at radius 2 is 1.90 bits per heavy atom. The molecule has 2 rings (SSSR count). The molecule has 3 nitrogen and oxygen atoms in total. The summed E-state index contributed by atoms with van der Waals surface area (Å²) in [5, 5.41) is 4.56. The summed E-state index contributed by atoms with van der Waals surface area (Å²) in [6, 6.07) is 5.70. The number of halogens is 2. The van der Waals surface area contributed by atoms with Crippen molar-refractivity contribution in [1.82, 2.24) is 15.3 Å². The van der Waals surface area contributed by atoms with Crippen molar-refractivity contribution in [3.05, 3.63) is 57.6 Å². The molecule has 0 aliphatic rings. The van der Waals surface area contributed by atoms with Gasteiger partial charge in [-0.25, -0.2) is 9.97 Å². The van der Waals surface area contributed by atoms with Crippen molar-refractivity contribution in [2.45, 2.75) is 26.3 Å². The van der Waals surface area contributed by atoms with Crippen molar-refractivity contribution in [2.24, 2.45) is 0 Å². The van der Waals surface area contributed by atoms with Gasteiger partial charge < -0.3 is 5.32 Å². The molecule has 2 aromatic rings. The van der Waals surface area contributed by atoms with Gasteiger partial charge in [-0.05, 0) is 37.1 Å². The predicted octanol–water partition coefficient (Wildman–Crippen LogP) is 3.99. The van der Waals surface area contributed by atoms with E-state index in [2.05, 4.69) is 22.2 Å². The third-order valence-electron chi connectivity index (χ3n) is 3.02. The molecule has 1 unspecified atom stereocenters. The van der Waals surface area contributed by atoms with E-state index in [4.69, 9.17) is 23.2 Å². The van der Waals surface area contributed by atoms with Crippen molar-refractivity contribution < 1.29 is 0 Å². The lowest BCUT2D eigenvalue weighted by molar-refractivity contribution is 0.521. The van der Waals surface area contributed by atoms with Crippen LogP contribution in [-0.4, -0.2) is 16.5 Å². The highest BCUT2D eigenvalue weighted by molar-refractivity contribution is 6.42. The molecule has 0 spiro atoms. The van der Waals surface area contributed by atoms with Crippen LogP contribution in [0.1, 0.15) is 29.9 Å². The number of aryl methyl sites for hydroxylation is 1. The van der Waals surface area contributed by atoms with Gasteiger partial charge >= 0.3 is 0 Å². The molecule has 20 heavy (non-hydrogen) atoms. The first-order valence-electron chi connectivity index (χ1n) is 6.56. The molecule has 1 aromatic heterocycles. The van der Waals surface area contributed by atoms with E-state index in [9.17, 15) is 0 Å². The first kappa shape index (κ1) is 15.2. The fourth-order valence-electron chi connectivity index (χ4n) is 2.01. The minimum absolute atomic E-state index is 0.0246. The monoisotopic (exact) mass is 309 g/mol. The molecule has 0 saturated heterocycles. The first-order valence-corrected chi connectivity index (χ1v) is 7.32. The maximum Gasteiger partial charge on any atom is 0.145 e. The van der Waals surface area contributed by atoms with Crippen molar-refractivity contribution in [3.63, 3.8) is 0 Å². The van der Waals surface area contributed by atoms with Crippen molar-refractivity contribution >= 4 is 23.2 Å². The summed E-state index contributed by atoms with van der Waals surface area (Å²) < 4.78 is 0. The summed E-state index contributed by atoms with van der Waals surface area (Å²) in [7, 11) is 0. The number of nitrogens with zero attached hydrogens (tertiary/aromatic N) is 2. The topological polar surface area (TPSA) is 37.8 Å². The number of benzene rings is 1. The second kappa shape index (κ2) is 7.02. The second-order valence-electron chi connectivity index (χ2n) is 4.65. The maximum absolute atomic E-state index is 6.25. The van der Waals surface area contributed by atoms with Gasteiger partial charge in [0.1, 0.15) is 5.82 Å². The number of nitrogens with one attached hydrogen (secondary N) is 1. The lowest BCUT2D eigenvalue weighted by Gasteiger charge is -2.17. The van der Waals surface area contributed by atoms with Crippen LogP contribution >= 0.6 is 23.2 Å². The number of rotatable bonds is 5. The molecule has 1 aromatic carbocycles. The molecule has 0 aliphatic heterocycles. The molecule has 1 N–H and O–H groups in total. The van der Waals surface area contributed by atoms with E-state index in [1.165, 1.54) is 0 Å². The maximum atomic E-state index is 6.25. The average Bonchev–Trinajstić information content (AvgIpc) is 2.44. The largest absolute Gasteiger partial charge is 0.307 e. The Labute approximate surface area is 129 Å². The highest BCUT2D eigenvalue weighted by Crippen LogP contribution is 2.28. The highest BCUT2D eigenvalue weighted by Gasteiger charge is 2.16. The zero-order valence-electron chi connectivity index (χ0n) is 11.5. The van der Waals surface area contributed by atoms with Crippen LogP contribution in [-0.2, 0) is 6.42 Å². The summed E-state index contributed by atoms with van der Waals surface area (Å²) >= 11 is 12.3. The number of aromatic nitrogens is 2. The van der Waals surface area contributed by atoms with Gasteiger partial charge in [0.25, 0.3) is 0 Å². The summed E-state index contributed by atoms with van der Waals surface area (Å²) in [6.07, 6.45) is 4.36. The van der Waals surface area contributed by atoms with Crippen LogP contribution in [0.5, 0.6) is 0 Å². The van der Waals surface area contributed by atoms with Gasteiger partial charge in [0.2, 0.25) is 0 Å². The fourth-order valence-corrected chi connectivity index (χ4v) is 2.41. The van der Waals surface area contributed by atoms with Crippen LogP contribution < -0.4 is 5.32 Å². The van der Waals surface area contributed by atoms with E-state index in [1.807, 2.05) is 31.5 Å². The Morgan fingerprint density at radius 3 is 2.55 bits per heavy atom. The van der Waals surface area contributed by atoms with E-state index in [-0.39, 0.29) is 6.04 Å². The van der Waals surface area contributed by atoms with Gasteiger partial charge in [-0.3, -0.25) is 0 Å². The van der Waals surface area contributed by atoms with Crippen molar-refractivity contribution in [1.29, 1.82) is 0 Å². The van der Waals surface area contributed by atoms with E-state index >= 15 is 0 Å². The SMILES string of the molecule is CCNC(Cc1cccc(Cl)c1Cl)c1ncc(C)cn1. The van der Waals surface area contributed by atoms with Gasteiger partial charge in [-0.1, -0.05) is 42.3 Å². The summed E-state index contributed by atoms with van der Waals surface area (Å²) in [5.74, 6) is 0.772. The summed E-state index contributed by atoms with van der Waals surface area (Å²) in [6.45, 7) is 4.86. The molecule has 0 fully saturated rings. The zero-order chi connectivity index (χ0) is 14.5. The van der Waals surface area contributed by atoms with Gasteiger partial charge in [0.15, 0.2) is 0 Å². The predicted molar refractivity (Wildman–Crippen MR) is 83.4 cm³/mol. The lowest BCUT2D eigenvalue weighted by atomic mass is 10.0. The Kier molecular flexibility index (Phi) is 5.35. The Balaban J connectivity index is 2.25. The Hall–Kier alpha value is -1.16. The molecule has 0 amide bonds. The molecule has 0 radical (unpaired) electrons. The molecular formula is C15H17Cl2N3. The fraction of sp³-hybridized carbons (Fsp3) is 0.333. The van der Waals surface area contributed by atoms with Crippen LogP contribution in [0.2, 0.25) is 10.0 Å². The van der Waals surface area contributed by atoms with E-state index < -0.39 is 0 Å². The molecule has 0 bridgehead atoms. The van der Waals surface area contributed by atoms with Gasteiger partial charge in [0, 0.05) is 12.4 Å². The minimum atomic E-state index is 0.0246. The van der Waals surface area contributed by atoms with E-state index in [1.54, 1.807) is 6.07 Å². The quantitative estimate of drug-likeness (QED) is 0.907. The standard InChI is InChI=1S/C15H17Cl2N3/c1-3-18-13(15-19-8-10(2)9-20-15)7-11-5-4-6-12(16)14(11)17/h4-6,8-9,13,18H,3,7H2,1-2H3. The molecule has 5 heteroatoms. The van der Waals surface area contributed by atoms with Crippen LogP contribution in [0, 0.1) is 6.92 Å². The Bertz CT molecular complexity index is 570. The van der Waals surface area contributed by atoms with Gasteiger partial charge in [0.05, 0.1) is 16.1 Å². The molecule has 1 heterocycles. The smallest absolute Gasteiger partial charge is 0.145 e. The molecule has 1 atom stereocenters. The van der Waals surface area contributed by atoms with Gasteiger partial charge in [-0.2, -0.15) is 0 Å². The first-order chi connectivity index (χ1) is 9.61. The van der Waals surface area contributed by atoms with E-state index in [0.717, 1.165) is 23.5 Å². The van der Waals surface area contributed by atoms with Gasteiger partial charge in [-0.15, -0.1) is 0 Å². The average molecular weight is 310 g/mol.